The first-order valence-corrected chi connectivity index (χ1v) is 9.39. The summed E-state index contributed by atoms with van der Waals surface area (Å²) in [5.74, 6) is 1.52. The largest absolute Gasteiger partial charge is 0.493 e. The minimum atomic E-state index is -0.263. The summed E-state index contributed by atoms with van der Waals surface area (Å²) in [6, 6.07) is 11.4. The molecule has 1 aliphatic carbocycles. The maximum Gasteiger partial charge on any atom is 0.255 e. The Hall–Kier alpha value is -3.06. The molecule has 1 fully saturated rings. The molecule has 3 aromatic rings. The van der Waals surface area contributed by atoms with Crippen molar-refractivity contribution in [2.75, 3.05) is 19.5 Å². The third kappa shape index (κ3) is 4.26. The van der Waals surface area contributed by atoms with Crippen molar-refractivity contribution < 1.29 is 14.3 Å². The molecule has 7 heteroatoms. The standard InChI is InChI=1S/C21H24N4O3/c1-27-12-15-5-7-18(20(22)25-15)21(26)23-10-16-8-14-4-6-17(9-19(14)24-16)28-11-13-2-3-13/h4-9,13,24H,2-3,10-12H2,1H3,(H2,22,25)(H,23,26). The minimum absolute atomic E-state index is 0.196. The van der Waals surface area contributed by atoms with Crippen molar-refractivity contribution in [2.45, 2.75) is 26.0 Å². The first kappa shape index (κ1) is 18.3. The van der Waals surface area contributed by atoms with E-state index in [2.05, 4.69) is 15.3 Å². The Kier molecular flexibility index (Phi) is 5.16. The smallest absolute Gasteiger partial charge is 0.255 e. The van der Waals surface area contributed by atoms with Crippen molar-refractivity contribution in [1.82, 2.24) is 15.3 Å². The first-order valence-electron chi connectivity index (χ1n) is 9.39. The highest BCUT2D eigenvalue weighted by Crippen LogP contribution is 2.30. The van der Waals surface area contributed by atoms with E-state index in [1.807, 2.05) is 24.3 Å². The number of aromatic nitrogens is 2. The summed E-state index contributed by atoms with van der Waals surface area (Å²) in [6.45, 7) is 1.51. The predicted octanol–water partition coefficient (Wildman–Crippen LogP) is 3.01. The van der Waals surface area contributed by atoms with Crippen molar-refractivity contribution in [1.29, 1.82) is 0 Å². The molecule has 1 amide bonds. The lowest BCUT2D eigenvalue weighted by Crippen LogP contribution is -2.24. The molecule has 7 nitrogen and oxygen atoms in total. The number of carbonyl (C=O) groups excluding carboxylic acids is 1. The normalized spacial score (nSPS) is 13.6. The lowest BCUT2D eigenvalue weighted by atomic mass is 10.2. The van der Waals surface area contributed by atoms with Crippen LogP contribution in [0.1, 0.15) is 34.6 Å². The van der Waals surface area contributed by atoms with Gasteiger partial charge in [-0.1, -0.05) is 0 Å². The van der Waals surface area contributed by atoms with Crippen LogP contribution in [-0.4, -0.2) is 29.6 Å². The van der Waals surface area contributed by atoms with Gasteiger partial charge >= 0.3 is 0 Å². The molecule has 1 aromatic carbocycles. The van der Waals surface area contributed by atoms with Crippen LogP contribution in [0.15, 0.2) is 36.4 Å². The summed E-state index contributed by atoms with van der Waals surface area (Å²) in [5.41, 5.74) is 8.84. The summed E-state index contributed by atoms with van der Waals surface area (Å²) in [7, 11) is 1.58. The number of ether oxygens (including phenoxy) is 2. The van der Waals surface area contributed by atoms with Crippen molar-refractivity contribution in [3.05, 3.63) is 53.3 Å². The molecular weight excluding hydrogens is 356 g/mol. The number of benzene rings is 1. The summed E-state index contributed by atoms with van der Waals surface area (Å²) < 4.78 is 10.8. The van der Waals surface area contributed by atoms with Crippen LogP contribution in [0.25, 0.3) is 10.9 Å². The Morgan fingerprint density at radius 3 is 2.89 bits per heavy atom. The van der Waals surface area contributed by atoms with Crippen LogP contribution in [0, 0.1) is 5.92 Å². The van der Waals surface area contributed by atoms with E-state index in [4.69, 9.17) is 15.2 Å². The zero-order valence-corrected chi connectivity index (χ0v) is 15.8. The van der Waals surface area contributed by atoms with Crippen molar-refractivity contribution in [3.63, 3.8) is 0 Å². The van der Waals surface area contributed by atoms with Crippen molar-refractivity contribution >= 4 is 22.6 Å². The minimum Gasteiger partial charge on any atom is -0.493 e. The highest BCUT2D eigenvalue weighted by Gasteiger charge is 2.22. The molecular formula is C21H24N4O3. The van der Waals surface area contributed by atoms with Gasteiger partial charge < -0.3 is 25.5 Å². The van der Waals surface area contributed by atoms with E-state index in [-0.39, 0.29) is 11.7 Å². The van der Waals surface area contributed by atoms with Gasteiger partial charge in [-0.15, -0.1) is 0 Å². The third-order valence-electron chi connectivity index (χ3n) is 4.79. The second-order valence-electron chi connectivity index (χ2n) is 7.15. The number of hydrogen-bond acceptors (Lipinski definition) is 5. The number of H-pyrrole nitrogens is 1. The number of anilines is 1. The third-order valence-corrected chi connectivity index (χ3v) is 4.79. The Morgan fingerprint density at radius 2 is 2.14 bits per heavy atom. The molecule has 0 saturated heterocycles. The first-order chi connectivity index (χ1) is 13.6. The molecule has 146 valence electrons. The van der Waals surface area contributed by atoms with Crippen LogP contribution in [0.4, 0.5) is 5.82 Å². The van der Waals surface area contributed by atoms with Crippen molar-refractivity contribution in [3.8, 4) is 5.75 Å². The second-order valence-corrected chi connectivity index (χ2v) is 7.15. The Balaban J connectivity index is 1.39. The molecule has 28 heavy (non-hydrogen) atoms. The number of carbonyl (C=O) groups is 1. The van der Waals surface area contributed by atoms with Gasteiger partial charge in [-0.05, 0) is 54.5 Å². The number of pyridine rings is 1. The van der Waals surface area contributed by atoms with E-state index in [0.29, 0.717) is 24.4 Å². The molecule has 1 saturated carbocycles. The molecule has 4 N–H and O–H groups in total. The van der Waals surface area contributed by atoms with Crippen molar-refractivity contribution in [2.24, 2.45) is 5.92 Å². The molecule has 0 bridgehead atoms. The Morgan fingerprint density at radius 1 is 1.29 bits per heavy atom. The van der Waals surface area contributed by atoms with Gasteiger partial charge in [-0.3, -0.25) is 4.79 Å². The lowest BCUT2D eigenvalue weighted by molar-refractivity contribution is 0.0951. The SMILES string of the molecule is COCc1ccc(C(=O)NCc2cc3ccc(OCC4CC4)cc3[nH]2)c(N)n1. The Bertz CT molecular complexity index is 994. The van der Waals surface area contributed by atoms with Gasteiger partial charge in [0.25, 0.3) is 5.91 Å². The molecule has 0 atom stereocenters. The van der Waals surface area contributed by atoms with Gasteiger partial charge in [-0.25, -0.2) is 4.98 Å². The van der Waals surface area contributed by atoms with Crippen LogP contribution < -0.4 is 15.8 Å². The fourth-order valence-electron chi connectivity index (χ4n) is 3.06. The molecule has 0 spiro atoms. The van der Waals surface area contributed by atoms with Crippen LogP contribution in [0.2, 0.25) is 0 Å². The van der Waals surface area contributed by atoms with Gasteiger partial charge in [-0.2, -0.15) is 0 Å². The van der Waals surface area contributed by atoms with Crippen LogP contribution in [0.3, 0.4) is 0 Å². The highest BCUT2D eigenvalue weighted by molar-refractivity contribution is 5.98. The van der Waals surface area contributed by atoms with E-state index in [0.717, 1.165) is 34.9 Å². The number of nitrogen functional groups attached to an aromatic ring is 1. The number of nitrogens with zero attached hydrogens (tertiary/aromatic N) is 1. The van der Waals surface area contributed by atoms with E-state index >= 15 is 0 Å². The molecule has 0 radical (unpaired) electrons. The number of methoxy groups -OCH3 is 1. The Labute approximate surface area is 163 Å². The van der Waals surface area contributed by atoms with E-state index in [9.17, 15) is 4.79 Å². The summed E-state index contributed by atoms with van der Waals surface area (Å²) in [6.07, 6.45) is 2.54. The van der Waals surface area contributed by atoms with Crippen LogP contribution >= 0.6 is 0 Å². The van der Waals surface area contributed by atoms with E-state index < -0.39 is 0 Å². The van der Waals surface area contributed by atoms with Gasteiger partial charge in [0.15, 0.2) is 0 Å². The fraction of sp³-hybridized carbons (Fsp3) is 0.333. The number of rotatable bonds is 8. The van der Waals surface area contributed by atoms with Crippen LogP contribution in [0.5, 0.6) is 5.75 Å². The average Bonchev–Trinajstić information content (AvgIpc) is 3.42. The average molecular weight is 380 g/mol. The monoisotopic (exact) mass is 380 g/mol. The molecule has 1 aliphatic rings. The number of nitrogens with two attached hydrogens (primary N) is 1. The lowest BCUT2D eigenvalue weighted by Gasteiger charge is -2.08. The second kappa shape index (κ2) is 7.90. The zero-order chi connectivity index (χ0) is 19.5. The van der Waals surface area contributed by atoms with Crippen LogP contribution in [-0.2, 0) is 17.9 Å². The van der Waals surface area contributed by atoms with E-state index in [1.165, 1.54) is 12.8 Å². The van der Waals surface area contributed by atoms with Gasteiger partial charge in [0.2, 0.25) is 0 Å². The number of hydrogen-bond donors (Lipinski definition) is 3. The van der Waals surface area contributed by atoms with Gasteiger partial charge in [0, 0.05) is 24.4 Å². The highest BCUT2D eigenvalue weighted by atomic mass is 16.5. The molecule has 0 aliphatic heterocycles. The summed E-state index contributed by atoms with van der Waals surface area (Å²) in [5, 5.41) is 3.96. The molecule has 2 heterocycles. The summed E-state index contributed by atoms with van der Waals surface area (Å²) in [4.78, 5) is 20.0. The predicted molar refractivity (Wildman–Crippen MR) is 107 cm³/mol. The zero-order valence-electron chi connectivity index (χ0n) is 15.8. The number of nitrogens with one attached hydrogen (secondary N) is 2. The topological polar surface area (TPSA) is 102 Å². The maximum atomic E-state index is 12.4. The maximum absolute atomic E-state index is 12.4. The van der Waals surface area contributed by atoms with Gasteiger partial charge in [0.05, 0.1) is 31.0 Å². The molecule has 0 unspecified atom stereocenters. The quantitative estimate of drug-likeness (QED) is 0.557. The number of aromatic amines is 1. The molecule has 2 aromatic heterocycles. The number of amides is 1. The number of fused-ring (bicyclic) bond motifs is 1. The summed E-state index contributed by atoms with van der Waals surface area (Å²) >= 11 is 0. The van der Waals surface area contributed by atoms with Gasteiger partial charge in [0.1, 0.15) is 11.6 Å². The fourth-order valence-corrected chi connectivity index (χ4v) is 3.06. The molecule has 4 rings (SSSR count). The van der Waals surface area contributed by atoms with E-state index in [1.54, 1.807) is 19.2 Å².